The van der Waals surface area contributed by atoms with E-state index in [4.69, 9.17) is 5.73 Å². The first-order chi connectivity index (χ1) is 9.20. The topological polar surface area (TPSA) is 38.0 Å². The van der Waals surface area contributed by atoms with Crippen molar-refractivity contribution >= 4 is 31.9 Å². The maximum atomic E-state index is 5.96. The highest BCUT2D eigenvalue weighted by molar-refractivity contribution is 9.13. The van der Waals surface area contributed by atoms with Gasteiger partial charge in [-0.1, -0.05) is 31.7 Å². The summed E-state index contributed by atoms with van der Waals surface area (Å²) in [5, 5.41) is 3.75. The molecule has 4 heteroatoms. The summed E-state index contributed by atoms with van der Waals surface area (Å²) in [5.41, 5.74) is 7.23. The minimum absolute atomic E-state index is 0.257. The van der Waals surface area contributed by atoms with Crippen LogP contribution in [0.2, 0.25) is 0 Å². The molecule has 1 atom stereocenters. The van der Waals surface area contributed by atoms with E-state index in [0.29, 0.717) is 12.6 Å². The number of rotatable bonds is 4. The van der Waals surface area contributed by atoms with Gasteiger partial charge < -0.3 is 11.1 Å². The normalized spacial score (nSPS) is 19.1. The van der Waals surface area contributed by atoms with Gasteiger partial charge in [0.05, 0.1) is 0 Å². The van der Waals surface area contributed by atoms with Crippen LogP contribution in [-0.2, 0) is 0 Å². The lowest BCUT2D eigenvalue weighted by Crippen LogP contribution is -2.36. The van der Waals surface area contributed by atoms with Crippen LogP contribution in [0.3, 0.4) is 0 Å². The van der Waals surface area contributed by atoms with E-state index in [0.717, 1.165) is 8.95 Å². The number of nitrogens with two attached hydrogens (primary N) is 1. The predicted octanol–water partition coefficient (Wildman–Crippen LogP) is 4.52. The largest absolute Gasteiger partial charge is 0.329 e. The fourth-order valence-electron chi connectivity index (χ4n) is 2.76. The molecule has 0 amide bonds. The Morgan fingerprint density at radius 1 is 1.11 bits per heavy atom. The third-order valence-electron chi connectivity index (χ3n) is 3.87. The molecule has 1 unspecified atom stereocenters. The van der Waals surface area contributed by atoms with Crippen molar-refractivity contribution in [2.24, 2.45) is 5.73 Å². The Bertz CT molecular complexity index is 401. The second-order valence-corrected chi connectivity index (χ2v) is 7.03. The van der Waals surface area contributed by atoms with Crippen LogP contribution in [0.1, 0.15) is 50.1 Å². The van der Waals surface area contributed by atoms with Crippen LogP contribution in [0.5, 0.6) is 0 Å². The molecule has 1 aliphatic carbocycles. The van der Waals surface area contributed by atoms with Gasteiger partial charge in [0.1, 0.15) is 0 Å². The number of hydrogen-bond acceptors (Lipinski definition) is 2. The fraction of sp³-hybridized carbons (Fsp3) is 0.600. The lowest BCUT2D eigenvalue weighted by molar-refractivity contribution is 0.402. The average molecular weight is 390 g/mol. The Hall–Kier alpha value is 0.1000. The summed E-state index contributed by atoms with van der Waals surface area (Å²) in [6.45, 7) is 0.643. The first-order valence-electron chi connectivity index (χ1n) is 7.12. The van der Waals surface area contributed by atoms with Crippen LogP contribution in [0.15, 0.2) is 27.1 Å². The first-order valence-corrected chi connectivity index (χ1v) is 8.70. The van der Waals surface area contributed by atoms with Crippen molar-refractivity contribution in [2.75, 3.05) is 6.54 Å². The van der Waals surface area contributed by atoms with Gasteiger partial charge in [-0.3, -0.25) is 0 Å². The second kappa shape index (κ2) is 7.77. The highest BCUT2D eigenvalue weighted by Gasteiger charge is 2.17. The van der Waals surface area contributed by atoms with Crippen molar-refractivity contribution in [3.63, 3.8) is 0 Å². The molecular formula is C15H22Br2N2. The third kappa shape index (κ3) is 4.55. The van der Waals surface area contributed by atoms with E-state index in [2.05, 4.69) is 55.4 Å². The minimum atomic E-state index is 0.257. The molecule has 0 radical (unpaired) electrons. The Labute approximate surface area is 132 Å². The molecule has 0 heterocycles. The zero-order chi connectivity index (χ0) is 13.7. The van der Waals surface area contributed by atoms with Gasteiger partial charge in [-0.2, -0.15) is 0 Å². The Balaban J connectivity index is 2.03. The molecule has 2 rings (SSSR count). The minimum Gasteiger partial charge on any atom is -0.329 e. The third-order valence-corrected chi connectivity index (χ3v) is 5.75. The van der Waals surface area contributed by atoms with Gasteiger partial charge in [-0.15, -0.1) is 0 Å². The molecule has 0 aromatic heterocycles. The average Bonchev–Trinajstić information content (AvgIpc) is 2.68. The van der Waals surface area contributed by atoms with E-state index in [1.807, 2.05) is 0 Å². The molecule has 1 fully saturated rings. The molecule has 1 aromatic carbocycles. The van der Waals surface area contributed by atoms with Crippen molar-refractivity contribution in [1.82, 2.24) is 5.32 Å². The van der Waals surface area contributed by atoms with Crippen molar-refractivity contribution in [1.29, 1.82) is 0 Å². The zero-order valence-electron chi connectivity index (χ0n) is 11.2. The monoisotopic (exact) mass is 388 g/mol. The molecule has 2 nitrogen and oxygen atoms in total. The summed E-state index contributed by atoms with van der Waals surface area (Å²) in [6, 6.07) is 7.27. The van der Waals surface area contributed by atoms with E-state index in [-0.39, 0.29) is 6.04 Å². The van der Waals surface area contributed by atoms with Gasteiger partial charge in [-0.05, 0) is 62.4 Å². The molecular weight excluding hydrogens is 368 g/mol. The summed E-state index contributed by atoms with van der Waals surface area (Å²) in [5.74, 6) is 0. The quantitative estimate of drug-likeness (QED) is 0.742. The Kier molecular flexibility index (Phi) is 6.33. The Morgan fingerprint density at radius 3 is 2.37 bits per heavy atom. The Morgan fingerprint density at radius 2 is 1.79 bits per heavy atom. The molecule has 0 saturated heterocycles. The fourth-order valence-corrected chi connectivity index (χ4v) is 3.40. The van der Waals surface area contributed by atoms with Crippen LogP contribution >= 0.6 is 31.9 Å². The molecule has 1 aromatic rings. The highest BCUT2D eigenvalue weighted by Crippen LogP contribution is 2.27. The molecule has 0 bridgehead atoms. The van der Waals surface area contributed by atoms with Crippen molar-refractivity contribution < 1.29 is 0 Å². The SMILES string of the molecule is NCC(NC1CCCCCC1)c1ccc(Br)c(Br)c1. The summed E-state index contributed by atoms with van der Waals surface area (Å²) < 4.78 is 2.17. The number of halogens is 2. The smallest absolute Gasteiger partial charge is 0.0447 e. The summed E-state index contributed by atoms with van der Waals surface area (Å²) in [4.78, 5) is 0. The summed E-state index contributed by atoms with van der Waals surface area (Å²) >= 11 is 7.08. The van der Waals surface area contributed by atoms with E-state index in [1.54, 1.807) is 0 Å². The summed E-state index contributed by atoms with van der Waals surface area (Å²) in [6.07, 6.45) is 8.03. The molecule has 1 aliphatic rings. The highest BCUT2D eigenvalue weighted by atomic mass is 79.9. The maximum Gasteiger partial charge on any atom is 0.0447 e. The van der Waals surface area contributed by atoms with Crippen LogP contribution in [0.25, 0.3) is 0 Å². The lowest BCUT2D eigenvalue weighted by atomic mass is 10.0. The van der Waals surface area contributed by atoms with E-state index < -0.39 is 0 Å². The second-order valence-electron chi connectivity index (χ2n) is 5.32. The number of benzene rings is 1. The van der Waals surface area contributed by atoms with Gasteiger partial charge in [0.15, 0.2) is 0 Å². The van der Waals surface area contributed by atoms with Gasteiger partial charge in [0.25, 0.3) is 0 Å². The number of nitrogens with one attached hydrogen (secondary N) is 1. The zero-order valence-corrected chi connectivity index (χ0v) is 14.3. The summed E-state index contributed by atoms with van der Waals surface area (Å²) in [7, 11) is 0. The van der Waals surface area contributed by atoms with Gasteiger partial charge in [0, 0.05) is 27.6 Å². The number of hydrogen-bond donors (Lipinski definition) is 2. The van der Waals surface area contributed by atoms with E-state index >= 15 is 0 Å². The van der Waals surface area contributed by atoms with Crippen LogP contribution < -0.4 is 11.1 Å². The van der Waals surface area contributed by atoms with Crippen LogP contribution in [0.4, 0.5) is 0 Å². The van der Waals surface area contributed by atoms with Crippen molar-refractivity contribution in [3.8, 4) is 0 Å². The van der Waals surface area contributed by atoms with Crippen LogP contribution in [0, 0.1) is 0 Å². The first kappa shape index (κ1) is 15.5. The molecule has 19 heavy (non-hydrogen) atoms. The van der Waals surface area contributed by atoms with Gasteiger partial charge in [-0.25, -0.2) is 0 Å². The molecule has 3 N–H and O–H groups in total. The van der Waals surface area contributed by atoms with E-state index in [9.17, 15) is 0 Å². The predicted molar refractivity (Wildman–Crippen MR) is 88.3 cm³/mol. The van der Waals surface area contributed by atoms with Crippen molar-refractivity contribution in [3.05, 3.63) is 32.7 Å². The van der Waals surface area contributed by atoms with Crippen LogP contribution in [-0.4, -0.2) is 12.6 Å². The molecule has 0 aliphatic heterocycles. The van der Waals surface area contributed by atoms with Crippen molar-refractivity contribution in [2.45, 2.75) is 50.6 Å². The molecule has 106 valence electrons. The maximum absolute atomic E-state index is 5.96. The van der Waals surface area contributed by atoms with Gasteiger partial charge >= 0.3 is 0 Å². The lowest BCUT2D eigenvalue weighted by Gasteiger charge is -2.24. The van der Waals surface area contributed by atoms with E-state index in [1.165, 1.54) is 44.1 Å². The van der Waals surface area contributed by atoms with Gasteiger partial charge in [0.2, 0.25) is 0 Å². The standard InChI is InChI=1S/C15H22Br2N2/c16-13-8-7-11(9-14(13)17)15(10-18)19-12-5-3-1-2-4-6-12/h7-9,12,15,19H,1-6,10,18H2. The molecule has 1 saturated carbocycles. The molecule has 0 spiro atoms.